The van der Waals surface area contributed by atoms with Crippen molar-refractivity contribution in [3.05, 3.63) is 48.2 Å². The Morgan fingerprint density at radius 2 is 2.24 bits per heavy atom. The Morgan fingerprint density at radius 1 is 1.38 bits per heavy atom. The number of carbonyl (C=O) groups excluding carboxylic acids is 1. The molecular weight excluding hydrogens is 268 g/mol. The predicted molar refractivity (Wildman–Crippen MR) is 78.7 cm³/mol. The fourth-order valence-corrected chi connectivity index (χ4v) is 2.43. The molecule has 0 saturated carbocycles. The molecule has 0 bridgehead atoms. The van der Waals surface area contributed by atoms with Crippen LogP contribution in [0.15, 0.2) is 42.6 Å². The smallest absolute Gasteiger partial charge is 0.233 e. The van der Waals surface area contributed by atoms with E-state index in [-0.39, 0.29) is 11.8 Å². The first-order chi connectivity index (χ1) is 10.3. The molecule has 1 aliphatic heterocycles. The van der Waals surface area contributed by atoms with Crippen molar-refractivity contribution in [3.63, 3.8) is 0 Å². The summed E-state index contributed by atoms with van der Waals surface area (Å²) in [5.41, 5.74) is 0.921. The third-order valence-electron chi connectivity index (χ3n) is 3.49. The van der Waals surface area contributed by atoms with Crippen LogP contribution in [0.1, 0.15) is 17.9 Å². The van der Waals surface area contributed by atoms with Gasteiger partial charge in [-0.15, -0.1) is 0 Å². The monoisotopic (exact) mass is 284 g/mol. The van der Waals surface area contributed by atoms with Gasteiger partial charge in [-0.2, -0.15) is 0 Å². The number of fused-ring (bicyclic) bond motifs is 1. The summed E-state index contributed by atoms with van der Waals surface area (Å²) in [7, 11) is 1.58. The van der Waals surface area contributed by atoms with E-state index in [1.54, 1.807) is 25.4 Å². The molecule has 1 unspecified atom stereocenters. The van der Waals surface area contributed by atoms with Crippen molar-refractivity contribution in [1.82, 2.24) is 4.98 Å². The molecule has 1 aliphatic rings. The Morgan fingerprint density at radius 3 is 3.10 bits per heavy atom. The topological polar surface area (TPSA) is 60.5 Å². The minimum Gasteiger partial charge on any atom is -0.497 e. The normalized spacial score (nSPS) is 16.5. The number of hydrogen-bond acceptors (Lipinski definition) is 4. The number of amides is 1. The molecule has 1 amide bonds. The summed E-state index contributed by atoms with van der Waals surface area (Å²) in [6.45, 7) is 0.542. The van der Waals surface area contributed by atoms with Gasteiger partial charge in [-0.3, -0.25) is 4.79 Å². The van der Waals surface area contributed by atoms with Gasteiger partial charge in [-0.05, 0) is 18.6 Å². The zero-order valence-electron chi connectivity index (χ0n) is 11.7. The maximum absolute atomic E-state index is 12.5. The summed E-state index contributed by atoms with van der Waals surface area (Å²) < 4.78 is 10.7. The van der Waals surface area contributed by atoms with E-state index in [1.165, 1.54) is 0 Å². The van der Waals surface area contributed by atoms with Crippen molar-refractivity contribution in [2.75, 3.05) is 19.0 Å². The fraction of sp³-hybridized carbons (Fsp3) is 0.250. The first kappa shape index (κ1) is 13.4. The lowest BCUT2D eigenvalue weighted by Crippen LogP contribution is -2.26. The molecule has 2 heterocycles. The van der Waals surface area contributed by atoms with E-state index < -0.39 is 0 Å². The molecule has 0 saturated heterocycles. The van der Waals surface area contributed by atoms with E-state index in [4.69, 9.17) is 9.47 Å². The molecule has 0 spiro atoms. The van der Waals surface area contributed by atoms with Crippen LogP contribution in [0.3, 0.4) is 0 Å². The Kier molecular flexibility index (Phi) is 3.73. The zero-order valence-corrected chi connectivity index (χ0v) is 11.7. The SMILES string of the molecule is COc1ccnc(NC(=O)C2CCOc3ccccc32)c1. The predicted octanol–water partition coefficient (Wildman–Crippen LogP) is 2.60. The van der Waals surface area contributed by atoms with Crippen molar-refractivity contribution in [1.29, 1.82) is 0 Å². The highest BCUT2D eigenvalue weighted by Gasteiger charge is 2.27. The van der Waals surface area contributed by atoms with Crippen LogP contribution in [0.5, 0.6) is 11.5 Å². The summed E-state index contributed by atoms with van der Waals surface area (Å²) >= 11 is 0. The van der Waals surface area contributed by atoms with E-state index >= 15 is 0 Å². The largest absolute Gasteiger partial charge is 0.497 e. The minimum absolute atomic E-state index is 0.0773. The molecular formula is C16H16N2O3. The lowest BCUT2D eigenvalue weighted by Gasteiger charge is -2.24. The summed E-state index contributed by atoms with van der Waals surface area (Å²) in [5, 5.41) is 2.84. The molecule has 5 nitrogen and oxygen atoms in total. The molecule has 5 heteroatoms. The average Bonchev–Trinajstić information content (AvgIpc) is 2.54. The van der Waals surface area contributed by atoms with Crippen LogP contribution in [0.25, 0.3) is 0 Å². The summed E-state index contributed by atoms with van der Waals surface area (Å²) in [6.07, 6.45) is 2.26. The van der Waals surface area contributed by atoms with Gasteiger partial charge in [0.2, 0.25) is 5.91 Å². The maximum Gasteiger partial charge on any atom is 0.233 e. The van der Waals surface area contributed by atoms with Gasteiger partial charge < -0.3 is 14.8 Å². The van der Waals surface area contributed by atoms with Crippen LogP contribution >= 0.6 is 0 Å². The van der Waals surface area contributed by atoms with Crippen LogP contribution < -0.4 is 14.8 Å². The van der Waals surface area contributed by atoms with Crippen LogP contribution in [0.4, 0.5) is 5.82 Å². The number of nitrogens with one attached hydrogen (secondary N) is 1. The third kappa shape index (κ3) is 2.81. The molecule has 0 fully saturated rings. The first-order valence-corrected chi connectivity index (χ1v) is 6.80. The van der Waals surface area contributed by atoms with E-state index in [2.05, 4.69) is 10.3 Å². The molecule has 1 aromatic heterocycles. The number of benzene rings is 1. The number of para-hydroxylation sites is 1. The van der Waals surface area contributed by atoms with Crippen molar-refractivity contribution < 1.29 is 14.3 Å². The molecule has 108 valence electrons. The van der Waals surface area contributed by atoms with Crippen LogP contribution in [-0.4, -0.2) is 24.6 Å². The lowest BCUT2D eigenvalue weighted by molar-refractivity contribution is -0.118. The number of ether oxygens (including phenoxy) is 2. The highest BCUT2D eigenvalue weighted by Crippen LogP contribution is 2.34. The second-order valence-electron chi connectivity index (χ2n) is 4.80. The number of nitrogens with zero attached hydrogens (tertiary/aromatic N) is 1. The van der Waals surface area contributed by atoms with E-state index in [0.29, 0.717) is 24.6 Å². The Bertz CT molecular complexity index is 657. The van der Waals surface area contributed by atoms with E-state index in [0.717, 1.165) is 11.3 Å². The number of hydrogen-bond donors (Lipinski definition) is 1. The molecule has 21 heavy (non-hydrogen) atoms. The van der Waals surface area contributed by atoms with Crippen molar-refractivity contribution in [2.45, 2.75) is 12.3 Å². The summed E-state index contributed by atoms with van der Waals surface area (Å²) in [6, 6.07) is 11.1. The average molecular weight is 284 g/mol. The summed E-state index contributed by atoms with van der Waals surface area (Å²) in [5.74, 6) is 1.63. The minimum atomic E-state index is -0.219. The van der Waals surface area contributed by atoms with Gasteiger partial charge in [-0.1, -0.05) is 18.2 Å². The number of carbonyl (C=O) groups is 1. The number of pyridine rings is 1. The zero-order chi connectivity index (χ0) is 14.7. The summed E-state index contributed by atoms with van der Waals surface area (Å²) in [4.78, 5) is 16.6. The number of methoxy groups -OCH3 is 1. The van der Waals surface area contributed by atoms with Gasteiger partial charge in [0.15, 0.2) is 0 Å². The number of anilines is 1. The standard InChI is InChI=1S/C16H16N2O3/c1-20-11-6-8-17-15(10-11)18-16(19)13-7-9-21-14-5-3-2-4-12(13)14/h2-6,8,10,13H,7,9H2,1H3,(H,17,18,19). The van der Waals surface area contributed by atoms with Crippen molar-refractivity contribution in [3.8, 4) is 11.5 Å². The highest BCUT2D eigenvalue weighted by molar-refractivity contribution is 5.95. The Hall–Kier alpha value is -2.56. The highest BCUT2D eigenvalue weighted by atomic mass is 16.5. The molecule has 1 atom stereocenters. The maximum atomic E-state index is 12.5. The quantitative estimate of drug-likeness (QED) is 0.941. The molecule has 3 rings (SSSR count). The van der Waals surface area contributed by atoms with Gasteiger partial charge in [-0.25, -0.2) is 4.98 Å². The van der Waals surface area contributed by atoms with E-state index in [1.807, 2.05) is 24.3 Å². The molecule has 0 aliphatic carbocycles. The molecule has 1 N–H and O–H groups in total. The van der Waals surface area contributed by atoms with Crippen molar-refractivity contribution in [2.24, 2.45) is 0 Å². The van der Waals surface area contributed by atoms with Crippen LogP contribution in [-0.2, 0) is 4.79 Å². The van der Waals surface area contributed by atoms with Gasteiger partial charge >= 0.3 is 0 Å². The Labute approximate surface area is 122 Å². The Balaban J connectivity index is 1.80. The van der Waals surface area contributed by atoms with Gasteiger partial charge in [0.25, 0.3) is 0 Å². The van der Waals surface area contributed by atoms with Crippen LogP contribution in [0, 0.1) is 0 Å². The fourth-order valence-electron chi connectivity index (χ4n) is 2.43. The molecule has 2 aromatic rings. The van der Waals surface area contributed by atoms with Gasteiger partial charge in [0, 0.05) is 17.8 Å². The van der Waals surface area contributed by atoms with Crippen molar-refractivity contribution >= 4 is 11.7 Å². The lowest BCUT2D eigenvalue weighted by atomic mass is 9.92. The van der Waals surface area contributed by atoms with E-state index in [9.17, 15) is 4.79 Å². The third-order valence-corrected chi connectivity index (χ3v) is 3.49. The molecule has 0 radical (unpaired) electrons. The van der Waals surface area contributed by atoms with Crippen LogP contribution in [0.2, 0.25) is 0 Å². The van der Waals surface area contributed by atoms with Gasteiger partial charge in [0.1, 0.15) is 17.3 Å². The van der Waals surface area contributed by atoms with Gasteiger partial charge in [0.05, 0.1) is 19.6 Å². The second-order valence-corrected chi connectivity index (χ2v) is 4.80. The number of aromatic nitrogens is 1. The second kappa shape index (κ2) is 5.83. The molecule has 1 aromatic carbocycles. The number of rotatable bonds is 3. The first-order valence-electron chi connectivity index (χ1n) is 6.80.